The van der Waals surface area contributed by atoms with E-state index in [1.165, 1.54) is 27.4 Å². The Morgan fingerprint density at radius 1 is 1.03 bits per heavy atom. The van der Waals surface area contributed by atoms with E-state index in [-0.39, 0.29) is 37.0 Å². The molecular weight excluding hydrogens is 425 g/mol. The summed E-state index contributed by atoms with van der Waals surface area (Å²) in [4.78, 5) is 28.5. The highest BCUT2D eigenvalue weighted by molar-refractivity contribution is 7.89. The van der Waals surface area contributed by atoms with Crippen molar-refractivity contribution in [3.05, 3.63) is 30.1 Å². The topological polar surface area (TPSA) is 87.2 Å². The summed E-state index contributed by atoms with van der Waals surface area (Å²) in [6.07, 6.45) is 1.67. The summed E-state index contributed by atoms with van der Waals surface area (Å²) < 4.78 is 46.2. The second kappa shape index (κ2) is 9.12. The van der Waals surface area contributed by atoms with Crippen LogP contribution in [0.1, 0.15) is 40.0 Å². The standard InChI is InChI=1S/C21H30FN3O5S/c1-21(2,3)30-20(27)25-11-7-6-9-17(25)19(26)23-12-14-24(15-13-23)31(28,29)18-10-5-4-8-16(18)22/h4-5,8,10,17H,6-7,9,11-15H2,1-3H3. The zero-order chi connectivity index (χ0) is 22.8. The maximum absolute atomic E-state index is 14.0. The van der Waals surface area contributed by atoms with E-state index in [1.807, 2.05) is 0 Å². The summed E-state index contributed by atoms with van der Waals surface area (Å²) in [5, 5.41) is 0. The molecule has 0 radical (unpaired) electrons. The van der Waals surface area contributed by atoms with Gasteiger partial charge in [-0.2, -0.15) is 4.31 Å². The van der Waals surface area contributed by atoms with Gasteiger partial charge in [0.1, 0.15) is 22.4 Å². The highest BCUT2D eigenvalue weighted by Gasteiger charge is 2.39. The van der Waals surface area contributed by atoms with Gasteiger partial charge < -0.3 is 9.64 Å². The van der Waals surface area contributed by atoms with Gasteiger partial charge in [-0.05, 0) is 52.2 Å². The minimum atomic E-state index is -3.98. The molecule has 0 saturated carbocycles. The third-order valence-corrected chi connectivity index (χ3v) is 7.35. The van der Waals surface area contributed by atoms with Crippen molar-refractivity contribution in [2.75, 3.05) is 32.7 Å². The smallest absolute Gasteiger partial charge is 0.410 e. The van der Waals surface area contributed by atoms with E-state index in [1.54, 1.807) is 25.7 Å². The van der Waals surface area contributed by atoms with Crippen molar-refractivity contribution in [1.29, 1.82) is 0 Å². The molecule has 1 atom stereocenters. The molecule has 0 aromatic heterocycles. The van der Waals surface area contributed by atoms with E-state index in [0.717, 1.165) is 18.9 Å². The maximum Gasteiger partial charge on any atom is 0.410 e. The van der Waals surface area contributed by atoms with Gasteiger partial charge in [0.25, 0.3) is 0 Å². The van der Waals surface area contributed by atoms with Crippen molar-refractivity contribution in [3.8, 4) is 0 Å². The minimum absolute atomic E-state index is 0.0710. The number of hydrogen-bond donors (Lipinski definition) is 0. The molecule has 0 bridgehead atoms. The van der Waals surface area contributed by atoms with Crippen LogP contribution in [0.4, 0.5) is 9.18 Å². The summed E-state index contributed by atoms with van der Waals surface area (Å²) in [6, 6.07) is 4.65. The van der Waals surface area contributed by atoms with Crippen molar-refractivity contribution >= 4 is 22.0 Å². The summed E-state index contributed by atoms with van der Waals surface area (Å²) >= 11 is 0. The van der Waals surface area contributed by atoms with Crippen LogP contribution < -0.4 is 0 Å². The first-order chi connectivity index (χ1) is 14.5. The molecule has 10 heteroatoms. The van der Waals surface area contributed by atoms with E-state index in [9.17, 15) is 22.4 Å². The lowest BCUT2D eigenvalue weighted by Crippen LogP contribution is -2.58. The first-order valence-electron chi connectivity index (χ1n) is 10.5. The SMILES string of the molecule is CC(C)(C)OC(=O)N1CCCCC1C(=O)N1CCN(S(=O)(=O)c2ccccc2F)CC1. The van der Waals surface area contributed by atoms with Gasteiger partial charge >= 0.3 is 6.09 Å². The molecule has 1 aromatic carbocycles. The van der Waals surface area contributed by atoms with E-state index < -0.39 is 33.6 Å². The number of carbonyl (C=O) groups excluding carboxylic acids is 2. The summed E-state index contributed by atoms with van der Waals surface area (Å²) in [5.74, 6) is -0.996. The average molecular weight is 456 g/mol. The number of ether oxygens (including phenoxy) is 1. The average Bonchev–Trinajstić information content (AvgIpc) is 2.72. The maximum atomic E-state index is 14.0. The second-order valence-corrected chi connectivity index (χ2v) is 10.8. The van der Waals surface area contributed by atoms with Crippen molar-refractivity contribution in [2.24, 2.45) is 0 Å². The molecule has 172 valence electrons. The van der Waals surface area contributed by atoms with E-state index in [0.29, 0.717) is 13.0 Å². The Balaban J connectivity index is 1.66. The second-order valence-electron chi connectivity index (χ2n) is 8.85. The molecule has 8 nitrogen and oxygen atoms in total. The monoisotopic (exact) mass is 455 g/mol. The minimum Gasteiger partial charge on any atom is -0.444 e. The molecule has 0 spiro atoms. The number of halogens is 1. The van der Waals surface area contributed by atoms with Gasteiger partial charge in [0.05, 0.1) is 0 Å². The number of amides is 2. The van der Waals surface area contributed by atoms with Crippen molar-refractivity contribution < 1.29 is 27.1 Å². The van der Waals surface area contributed by atoms with Gasteiger partial charge in [0, 0.05) is 32.7 Å². The number of piperidine rings is 1. The van der Waals surface area contributed by atoms with E-state index in [2.05, 4.69) is 0 Å². The lowest BCUT2D eigenvalue weighted by Gasteiger charge is -2.40. The Bertz CT molecular complexity index is 923. The summed E-state index contributed by atoms with van der Waals surface area (Å²) in [5.41, 5.74) is -0.658. The predicted molar refractivity (Wildman–Crippen MR) is 112 cm³/mol. The fourth-order valence-electron chi connectivity index (χ4n) is 3.88. The molecule has 2 amide bonds. The molecule has 2 aliphatic rings. The molecule has 2 heterocycles. The number of hydrogen-bond acceptors (Lipinski definition) is 5. The zero-order valence-electron chi connectivity index (χ0n) is 18.2. The molecular formula is C21H30FN3O5S. The highest BCUT2D eigenvalue weighted by atomic mass is 32.2. The molecule has 3 rings (SSSR count). The number of sulfonamides is 1. The van der Waals surface area contributed by atoms with Crippen molar-refractivity contribution in [3.63, 3.8) is 0 Å². The fraction of sp³-hybridized carbons (Fsp3) is 0.619. The molecule has 2 fully saturated rings. The fourth-order valence-corrected chi connectivity index (χ4v) is 5.37. The van der Waals surface area contributed by atoms with Gasteiger partial charge in [-0.1, -0.05) is 12.1 Å². The van der Waals surface area contributed by atoms with Crippen LogP contribution in [-0.2, 0) is 19.6 Å². The van der Waals surface area contributed by atoms with Crippen molar-refractivity contribution in [1.82, 2.24) is 14.1 Å². The van der Waals surface area contributed by atoms with Gasteiger partial charge in [-0.3, -0.25) is 9.69 Å². The normalized spacial score (nSPS) is 21.1. The Kier molecular flexibility index (Phi) is 6.90. The highest BCUT2D eigenvalue weighted by Crippen LogP contribution is 2.24. The van der Waals surface area contributed by atoms with Gasteiger partial charge in [0.2, 0.25) is 15.9 Å². The first-order valence-corrected chi connectivity index (χ1v) is 12.0. The number of benzene rings is 1. The number of piperazine rings is 1. The van der Waals surface area contributed by atoms with Gasteiger partial charge in [0.15, 0.2) is 0 Å². The van der Waals surface area contributed by atoms with E-state index >= 15 is 0 Å². The predicted octanol–water partition coefficient (Wildman–Crippen LogP) is 2.45. The number of carbonyl (C=O) groups is 2. The number of likely N-dealkylation sites (tertiary alicyclic amines) is 1. The third-order valence-electron chi connectivity index (χ3n) is 5.42. The molecule has 1 aromatic rings. The third kappa shape index (κ3) is 5.35. The number of rotatable bonds is 3. The molecule has 0 aliphatic carbocycles. The largest absolute Gasteiger partial charge is 0.444 e. The molecule has 31 heavy (non-hydrogen) atoms. The summed E-state index contributed by atoms with van der Waals surface area (Å²) in [7, 11) is -3.98. The van der Waals surface area contributed by atoms with Crippen LogP contribution in [0.25, 0.3) is 0 Å². The van der Waals surface area contributed by atoms with Crippen LogP contribution in [0.15, 0.2) is 29.2 Å². The molecule has 2 aliphatic heterocycles. The van der Waals surface area contributed by atoms with Gasteiger partial charge in [-0.25, -0.2) is 17.6 Å². The molecule has 2 saturated heterocycles. The molecule has 0 N–H and O–H groups in total. The Labute approximate surface area is 183 Å². The Morgan fingerprint density at radius 2 is 1.68 bits per heavy atom. The van der Waals surface area contributed by atoms with Crippen LogP contribution in [0.3, 0.4) is 0 Å². The van der Waals surface area contributed by atoms with E-state index in [4.69, 9.17) is 4.74 Å². The first kappa shape index (κ1) is 23.5. The van der Waals surface area contributed by atoms with Crippen molar-refractivity contribution in [2.45, 2.75) is 56.6 Å². The van der Waals surface area contributed by atoms with Crippen LogP contribution >= 0.6 is 0 Å². The van der Waals surface area contributed by atoms with Crippen LogP contribution in [0.5, 0.6) is 0 Å². The van der Waals surface area contributed by atoms with Gasteiger partial charge in [-0.15, -0.1) is 0 Å². The Hall–Kier alpha value is -2.20. The lowest BCUT2D eigenvalue weighted by atomic mass is 10.0. The summed E-state index contributed by atoms with van der Waals surface area (Å²) in [6.45, 7) is 6.30. The van der Waals surface area contributed by atoms with Crippen LogP contribution in [0.2, 0.25) is 0 Å². The zero-order valence-corrected chi connectivity index (χ0v) is 19.0. The van der Waals surface area contributed by atoms with Crippen LogP contribution in [-0.4, -0.2) is 78.9 Å². The van der Waals surface area contributed by atoms with Crippen LogP contribution in [0, 0.1) is 5.82 Å². The molecule has 1 unspecified atom stereocenters. The lowest BCUT2D eigenvalue weighted by molar-refractivity contribution is -0.139. The number of nitrogens with zero attached hydrogens (tertiary/aromatic N) is 3. The Morgan fingerprint density at radius 3 is 2.29 bits per heavy atom. The quantitative estimate of drug-likeness (QED) is 0.699.